The highest BCUT2D eigenvalue weighted by Crippen LogP contribution is 2.30. The van der Waals surface area contributed by atoms with E-state index in [1.165, 1.54) is 6.08 Å². The molecule has 0 amide bonds. The summed E-state index contributed by atoms with van der Waals surface area (Å²) >= 11 is 0. The second-order valence-electron chi connectivity index (χ2n) is 4.46. The number of isocyanates is 1. The lowest BCUT2D eigenvalue weighted by molar-refractivity contribution is 0.432. The zero-order chi connectivity index (χ0) is 14.7. The summed E-state index contributed by atoms with van der Waals surface area (Å²) in [6, 6.07) is 14.8. The Morgan fingerprint density at radius 3 is 2.52 bits per heavy atom. The van der Waals surface area contributed by atoms with Gasteiger partial charge in [-0.05, 0) is 24.6 Å². The second-order valence-corrected chi connectivity index (χ2v) is 4.46. The Balaban J connectivity index is 2.07. The number of hydrogen-bond acceptors (Lipinski definition) is 5. The van der Waals surface area contributed by atoms with Gasteiger partial charge in [0.1, 0.15) is 0 Å². The third-order valence-corrected chi connectivity index (χ3v) is 3.11. The van der Waals surface area contributed by atoms with E-state index in [-0.39, 0.29) is 0 Å². The van der Waals surface area contributed by atoms with Gasteiger partial charge in [-0.3, -0.25) is 0 Å². The van der Waals surface area contributed by atoms with Gasteiger partial charge in [0.05, 0.1) is 11.3 Å². The molecule has 0 bridgehead atoms. The number of carbonyl (C=O) groups excluding carboxylic acids is 1. The van der Waals surface area contributed by atoms with Crippen LogP contribution in [0.2, 0.25) is 0 Å². The van der Waals surface area contributed by atoms with Crippen molar-refractivity contribution in [3.05, 3.63) is 54.1 Å². The predicted molar refractivity (Wildman–Crippen MR) is 77.7 cm³/mol. The van der Waals surface area contributed by atoms with Gasteiger partial charge >= 0.3 is 0 Å². The van der Waals surface area contributed by atoms with Crippen molar-refractivity contribution in [1.29, 1.82) is 0 Å². The van der Waals surface area contributed by atoms with Crippen LogP contribution in [-0.4, -0.2) is 16.2 Å². The molecule has 1 heterocycles. The first-order valence-corrected chi connectivity index (χ1v) is 6.36. The molecular formula is C16H11N3O2. The Hall–Kier alpha value is -3.04. The van der Waals surface area contributed by atoms with E-state index in [1.54, 1.807) is 18.2 Å². The van der Waals surface area contributed by atoms with Crippen LogP contribution in [0, 0.1) is 6.92 Å². The summed E-state index contributed by atoms with van der Waals surface area (Å²) < 4.78 is 5.30. The van der Waals surface area contributed by atoms with Crippen molar-refractivity contribution in [3.63, 3.8) is 0 Å². The van der Waals surface area contributed by atoms with Crippen LogP contribution in [0.3, 0.4) is 0 Å². The van der Waals surface area contributed by atoms with Crippen molar-refractivity contribution in [1.82, 2.24) is 10.1 Å². The fraction of sp³-hybridized carbons (Fsp3) is 0.0625. The monoisotopic (exact) mass is 277 g/mol. The first-order valence-electron chi connectivity index (χ1n) is 6.36. The number of nitrogens with zero attached hydrogens (tertiary/aromatic N) is 3. The van der Waals surface area contributed by atoms with Crippen LogP contribution in [0.4, 0.5) is 5.69 Å². The third-order valence-electron chi connectivity index (χ3n) is 3.11. The number of rotatable bonds is 3. The molecule has 0 aliphatic rings. The molecule has 0 saturated carbocycles. The Morgan fingerprint density at radius 1 is 1.05 bits per heavy atom. The van der Waals surface area contributed by atoms with Crippen LogP contribution < -0.4 is 0 Å². The van der Waals surface area contributed by atoms with Gasteiger partial charge in [0, 0.05) is 5.56 Å². The normalized spacial score (nSPS) is 10.1. The molecule has 3 aromatic rings. The molecule has 3 rings (SSSR count). The average Bonchev–Trinajstić information content (AvgIpc) is 2.98. The second kappa shape index (κ2) is 5.53. The summed E-state index contributed by atoms with van der Waals surface area (Å²) in [6.07, 6.45) is 1.53. The van der Waals surface area contributed by atoms with E-state index < -0.39 is 0 Å². The summed E-state index contributed by atoms with van der Waals surface area (Å²) in [7, 11) is 0. The van der Waals surface area contributed by atoms with E-state index in [0.717, 1.165) is 11.1 Å². The van der Waals surface area contributed by atoms with Crippen molar-refractivity contribution in [3.8, 4) is 22.8 Å². The zero-order valence-electron chi connectivity index (χ0n) is 11.3. The van der Waals surface area contributed by atoms with E-state index in [0.29, 0.717) is 23.0 Å². The van der Waals surface area contributed by atoms with E-state index in [4.69, 9.17) is 4.52 Å². The van der Waals surface area contributed by atoms with Gasteiger partial charge in [0.25, 0.3) is 5.89 Å². The standard InChI is InChI=1S/C16H11N3O2/c1-11-6-2-3-7-12(11)15-18-16(21-19-15)13-8-4-5-9-14(13)17-10-20/h2-9H,1H3. The highest BCUT2D eigenvalue weighted by Gasteiger charge is 2.14. The van der Waals surface area contributed by atoms with Crippen molar-refractivity contribution in [2.75, 3.05) is 0 Å². The molecule has 0 aliphatic carbocycles. The Kier molecular flexibility index (Phi) is 3.41. The molecule has 0 radical (unpaired) electrons. The zero-order valence-corrected chi connectivity index (χ0v) is 11.3. The molecule has 1 aromatic heterocycles. The number of aryl methyl sites for hydroxylation is 1. The fourth-order valence-electron chi connectivity index (χ4n) is 2.07. The molecule has 5 heteroatoms. The van der Waals surface area contributed by atoms with Crippen LogP contribution in [-0.2, 0) is 4.79 Å². The fourth-order valence-corrected chi connectivity index (χ4v) is 2.07. The van der Waals surface area contributed by atoms with Gasteiger partial charge in [0.15, 0.2) is 0 Å². The number of hydrogen-bond donors (Lipinski definition) is 0. The lowest BCUT2D eigenvalue weighted by Crippen LogP contribution is -1.85. The van der Waals surface area contributed by atoms with Gasteiger partial charge in [-0.15, -0.1) is 0 Å². The lowest BCUT2D eigenvalue weighted by Gasteiger charge is -1.99. The molecule has 5 nitrogen and oxygen atoms in total. The van der Waals surface area contributed by atoms with Crippen LogP contribution in [0.1, 0.15) is 5.56 Å². The quantitative estimate of drug-likeness (QED) is 0.541. The Bertz CT molecular complexity index is 833. The molecule has 0 unspecified atom stereocenters. The van der Waals surface area contributed by atoms with Crippen LogP contribution in [0.15, 0.2) is 58.0 Å². The Morgan fingerprint density at radius 2 is 1.76 bits per heavy atom. The molecule has 0 spiro atoms. The predicted octanol–water partition coefficient (Wildman–Crippen LogP) is 3.68. The summed E-state index contributed by atoms with van der Waals surface area (Å²) in [5.74, 6) is 0.829. The number of para-hydroxylation sites is 1. The van der Waals surface area contributed by atoms with Crippen molar-refractivity contribution in [2.24, 2.45) is 4.99 Å². The first-order chi connectivity index (χ1) is 10.3. The Labute approximate surface area is 121 Å². The summed E-state index contributed by atoms with van der Waals surface area (Å²) in [4.78, 5) is 18.5. The van der Waals surface area contributed by atoms with Crippen molar-refractivity contribution < 1.29 is 9.32 Å². The van der Waals surface area contributed by atoms with Crippen LogP contribution >= 0.6 is 0 Å². The van der Waals surface area contributed by atoms with Crippen LogP contribution in [0.25, 0.3) is 22.8 Å². The first kappa shape index (κ1) is 13.0. The van der Waals surface area contributed by atoms with Gasteiger partial charge in [-0.25, -0.2) is 4.79 Å². The molecule has 0 aliphatic heterocycles. The number of aromatic nitrogens is 2. The maximum Gasteiger partial charge on any atom is 0.260 e. The SMILES string of the molecule is Cc1ccccc1-c1noc(-c2ccccc2N=C=O)n1. The molecule has 0 atom stereocenters. The number of aliphatic imine (C=N–C) groups is 1. The molecule has 0 saturated heterocycles. The molecule has 2 aromatic carbocycles. The highest BCUT2D eigenvalue weighted by molar-refractivity contribution is 5.73. The average molecular weight is 277 g/mol. The van der Waals surface area contributed by atoms with Gasteiger partial charge in [-0.1, -0.05) is 41.6 Å². The molecule has 21 heavy (non-hydrogen) atoms. The molecule has 102 valence electrons. The van der Waals surface area contributed by atoms with E-state index in [2.05, 4.69) is 15.1 Å². The summed E-state index contributed by atoms with van der Waals surface area (Å²) in [5, 5.41) is 4.00. The minimum absolute atomic E-state index is 0.322. The van der Waals surface area contributed by atoms with E-state index in [1.807, 2.05) is 37.3 Å². The van der Waals surface area contributed by atoms with Crippen LogP contribution in [0.5, 0.6) is 0 Å². The number of benzene rings is 2. The van der Waals surface area contributed by atoms with E-state index >= 15 is 0 Å². The van der Waals surface area contributed by atoms with Crippen molar-refractivity contribution >= 4 is 11.8 Å². The lowest BCUT2D eigenvalue weighted by atomic mass is 10.1. The van der Waals surface area contributed by atoms with E-state index in [9.17, 15) is 4.79 Å². The van der Waals surface area contributed by atoms with Gasteiger partial charge < -0.3 is 4.52 Å². The smallest absolute Gasteiger partial charge is 0.260 e. The molecule has 0 fully saturated rings. The maximum atomic E-state index is 10.5. The third kappa shape index (κ3) is 2.50. The summed E-state index contributed by atoms with van der Waals surface area (Å²) in [5.41, 5.74) is 3.02. The van der Waals surface area contributed by atoms with Gasteiger partial charge in [0.2, 0.25) is 11.9 Å². The topological polar surface area (TPSA) is 68.3 Å². The minimum atomic E-state index is 0.322. The molecular weight excluding hydrogens is 266 g/mol. The maximum absolute atomic E-state index is 10.5. The highest BCUT2D eigenvalue weighted by atomic mass is 16.5. The summed E-state index contributed by atoms with van der Waals surface area (Å²) in [6.45, 7) is 1.98. The van der Waals surface area contributed by atoms with Gasteiger partial charge in [-0.2, -0.15) is 9.98 Å². The molecule has 0 N–H and O–H groups in total. The largest absolute Gasteiger partial charge is 0.334 e. The minimum Gasteiger partial charge on any atom is -0.334 e. The van der Waals surface area contributed by atoms with Crippen molar-refractivity contribution in [2.45, 2.75) is 6.92 Å².